The van der Waals surface area contributed by atoms with E-state index in [0.29, 0.717) is 6.61 Å². The predicted octanol–water partition coefficient (Wildman–Crippen LogP) is 4.44. The molecule has 1 atom stereocenters. The smallest absolute Gasteiger partial charge is 0.251 e. The van der Waals surface area contributed by atoms with Crippen LogP contribution in [-0.4, -0.2) is 47.1 Å². The second-order valence-corrected chi connectivity index (χ2v) is 10.0. The summed E-state index contributed by atoms with van der Waals surface area (Å²) in [5.74, 6) is 0.164. The number of likely N-dealkylation sites (tertiary alicyclic amines) is 1. The van der Waals surface area contributed by atoms with Gasteiger partial charge in [-0.25, -0.2) is 4.98 Å². The predicted molar refractivity (Wildman–Crippen MR) is 117 cm³/mol. The lowest BCUT2D eigenvalue weighted by Crippen LogP contribution is -2.48. The summed E-state index contributed by atoms with van der Waals surface area (Å²) in [6, 6.07) is 10.7. The topological polar surface area (TPSA) is 54.5 Å². The summed E-state index contributed by atoms with van der Waals surface area (Å²) < 4.78 is 5.63. The van der Waals surface area contributed by atoms with Gasteiger partial charge in [0.25, 0.3) is 5.91 Å². The number of thiazole rings is 1. The molecule has 2 saturated heterocycles. The van der Waals surface area contributed by atoms with Gasteiger partial charge in [0.2, 0.25) is 0 Å². The van der Waals surface area contributed by atoms with E-state index in [1.54, 1.807) is 11.3 Å². The monoisotopic (exact) mass is 413 g/mol. The Labute approximate surface area is 177 Å². The van der Waals surface area contributed by atoms with Crippen LogP contribution in [0.2, 0.25) is 0 Å². The van der Waals surface area contributed by atoms with Crippen molar-refractivity contribution in [1.29, 1.82) is 0 Å². The number of ether oxygens (including phenoxy) is 1. The zero-order chi connectivity index (χ0) is 20.5. The Bertz CT molecular complexity index is 829. The van der Waals surface area contributed by atoms with Crippen molar-refractivity contribution in [3.05, 3.63) is 47.0 Å². The molecule has 2 aliphatic heterocycles. The molecular formula is C23H31N3O2S. The van der Waals surface area contributed by atoms with E-state index in [-0.39, 0.29) is 23.0 Å². The van der Waals surface area contributed by atoms with Gasteiger partial charge in [-0.05, 0) is 52.0 Å². The van der Waals surface area contributed by atoms with Gasteiger partial charge in [0.05, 0.1) is 5.69 Å². The molecular weight excluding hydrogens is 382 g/mol. The number of carbonyl (C=O) groups excluding carboxylic acids is 1. The van der Waals surface area contributed by atoms with Gasteiger partial charge in [0.15, 0.2) is 5.13 Å². The van der Waals surface area contributed by atoms with E-state index in [4.69, 9.17) is 9.72 Å². The van der Waals surface area contributed by atoms with Crippen LogP contribution in [0.1, 0.15) is 57.7 Å². The summed E-state index contributed by atoms with van der Waals surface area (Å²) in [5.41, 5.74) is 2.23. The van der Waals surface area contributed by atoms with Crippen molar-refractivity contribution in [2.75, 3.05) is 25.0 Å². The lowest BCUT2D eigenvalue weighted by molar-refractivity contribution is -0.142. The fraction of sp³-hybridized carbons (Fsp3) is 0.565. The second kappa shape index (κ2) is 8.07. The molecule has 29 heavy (non-hydrogen) atoms. The maximum atomic E-state index is 12.8. The maximum Gasteiger partial charge on any atom is 0.251 e. The summed E-state index contributed by atoms with van der Waals surface area (Å²) in [4.78, 5) is 19.8. The van der Waals surface area contributed by atoms with Gasteiger partial charge >= 0.3 is 0 Å². The Morgan fingerprint density at radius 3 is 2.59 bits per heavy atom. The molecule has 0 unspecified atom stereocenters. The molecule has 1 aromatic heterocycles. The van der Waals surface area contributed by atoms with E-state index in [1.165, 1.54) is 5.56 Å². The minimum absolute atomic E-state index is 0.0217. The third-order valence-corrected chi connectivity index (χ3v) is 6.69. The average Bonchev–Trinajstić information content (AvgIpc) is 3.39. The first-order valence-electron chi connectivity index (χ1n) is 10.6. The molecule has 2 aliphatic rings. The highest BCUT2D eigenvalue weighted by Crippen LogP contribution is 2.43. The molecule has 2 aromatic rings. The Balaban J connectivity index is 1.58. The number of benzene rings is 1. The van der Waals surface area contributed by atoms with Crippen LogP contribution in [0.25, 0.3) is 0 Å². The molecule has 1 amide bonds. The van der Waals surface area contributed by atoms with Crippen molar-refractivity contribution < 1.29 is 9.53 Å². The standard InChI is InChI=1S/C23H31N3O2S/c1-22(2,3)25-21-24-19(16-29-21)23(17-8-5-4-6-9-17)11-13-26(14-12-23)20(27)18-10-7-15-28-18/h4-6,8-9,16,18H,7,10-15H2,1-3H3,(H,24,25)/t18-/m1/s1. The van der Waals surface area contributed by atoms with Crippen LogP contribution in [0, 0.1) is 0 Å². The number of amides is 1. The molecule has 0 saturated carbocycles. The third kappa shape index (κ3) is 4.33. The van der Waals surface area contributed by atoms with Gasteiger partial charge in [-0.2, -0.15) is 0 Å². The number of aromatic nitrogens is 1. The number of hydrogen-bond donors (Lipinski definition) is 1. The second-order valence-electron chi connectivity index (χ2n) is 9.19. The molecule has 2 fully saturated rings. The zero-order valence-electron chi connectivity index (χ0n) is 17.6. The molecule has 1 aromatic carbocycles. The average molecular weight is 414 g/mol. The van der Waals surface area contributed by atoms with Crippen molar-refractivity contribution in [1.82, 2.24) is 9.88 Å². The van der Waals surface area contributed by atoms with Crippen molar-refractivity contribution >= 4 is 22.4 Å². The van der Waals surface area contributed by atoms with Crippen molar-refractivity contribution in [3.8, 4) is 0 Å². The minimum Gasteiger partial charge on any atom is -0.368 e. The highest BCUT2D eigenvalue weighted by Gasteiger charge is 2.42. The number of anilines is 1. The number of carbonyl (C=O) groups is 1. The number of piperidine rings is 1. The van der Waals surface area contributed by atoms with Crippen LogP contribution in [0.5, 0.6) is 0 Å². The van der Waals surface area contributed by atoms with Crippen molar-refractivity contribution in [2.24, 2.45) is 0 Å². The molecule has 0 spiro atoms. The first-order chi connectivity index (χ1) is 13.9. The van der Waals surface area contributed by atoms with E-state index < -0.39 is 0 Å². The van der Waals surface area contributed by atoms with Crippen LogP contribution >= 0.6 is 11.3 Å². The summed E-state index contributed by atoms with van der Waals surface area (Å²) in [5, 5.41) is 6.65. The Hall–Kier alpha value is -1.92. The fourth-order valence-corrected chi connectivity index (χ4v) is 5.42. The van der Waals surface area contributed by atoms with Gasteiger partial charge in [-0.3, -0.25) is 4.79 Å². The zero-order valence-corrected chi connectivity index (χ0v) is 18.4. The van der Waals surface area contributed by atoms with E-state index in [0.717, 1.165) is 49.6 Å². The molecule has 1 N–H and O–H groups in total. The first kappa shape index (κ1) is 20.4. The van der Waals surface area contributed by atoms with Gasteiger partial charge in [-0.1, -0.05) is 30.3 Å². The highest BCUT2D eigenvalue weighted by atomic mass is 32.1. The Kier molecular flexibility index (Phi) is 5.67. The van der Waals surface area contributed by atoms with Gasteiger partial charge < -0.3 is 15.0 Å². The summed E-state index contributed by atoms with van der Waals surface area (Å²) in [7, 11) is 0. The number of nitrogens with one attached hydrogen (secondary N) is 1. The Morgan fingerprint density at radius 2 is 1.97 bits per heavy atom. The molecule has 6 heteroatoms. The fourth-order valence-electron chi connectivity index (χ4n) is 4.41. The van der Waals surface area contributed by atoms with Gasteiger partial charge in [0, 0.05) is 36.0 Å². The summed E-state index contributed by atoms with van der Waals surface area (Å²) in [6.07, 6.45) is 3.37. The Morgan fingerprint density at radius 1 is 1.24 bits per heavy atom. The van der Waals surface area contributed by atoms with Crippen LogP contribution in [-0.2, 0) is 14.9 Å². The van der Waals surface area contributed by atoms with E-state index in [1.807, 2.05) is 4.90 Å². The van der Waals surface area contributed by atoms with Gasteiger partial charge in [0.1, 0.15) is 6.10 Å². The van der Waals surface area contributed by atoms with Crippen LogP contribution in [0.3, 0.4) is 0 Å². The molecule has 4 rings (SSSR count). The van der Waals surface area contributed by atoms with E-state index >= 15 is 0 Å². The molecule has 156 valence electrons. The molecule has 3 heterocycles. The number of rotatable bonds is 4. The van der Waals surface area contributed by atoms with Crippen molar-refractivity contribution in [3.63, 3.8) is 0 Å². The van der Waals surface area contributed by atoms with E-state index in [2.05, 4.69) is 61.8 Å². The third-order valence-electron chi connectivity index (χ3n) is 5.94. The van der Waals surface area contributed by atoms with Crippen LogP contribution in [0.15, 0.2) is 35.7 Å². The highest BCUT2D eigenvalue weighted by molar-refractivity contribution is 7.13. The SMILES string of the molecule is CC(C)(C)Nc1nc(C2(c3ccccc3)CCN(C(=O)[C@H]3CCCO3)CC2)cs1. The summed E-state index contributed by atoms with van der Waals surface area (Å²) >= 11 is 1.67. The summed E-state index contributed by atoms with van der Waals surface area (Å²) in [6.45, 7) is 8.64. The molecule has 0 radical (unpaired) electrons. The molecule has 5 nitrogen and oxygen atoms in total. The number of nitrogens with zero attached hydrogens (tertiary/aromatic N) is 2. The van der Waals surface area contributed by atoms with Gasteiger partial charge in [-0.15, -0.1) is 11.3 Å². The lowest BCUT2D eigenvalue weighted by atomic mass is 9.70. The normalized spacial score (nSPS) is 21.9. The molecule has 0 aliphatic carbocycles. The first-order valence-corrected chi connectivity index (χ1v) is 11.5. The van der Waals surface area contributed by atoms with Crippen molar-refractivity contribution in [2.45, 2.75) is 63.5 Å². The quantitative estimate of drug-likeness (QED) is 0.805. The van der Waals surface area contributed by atoms with Crippen LogP contribution in [0.4, 0.5) is 5.13 Å². The minimum atomic E-state index is -0.235. The lowest BCUT2D eigenvalue weighted by Gasteiger charge is -2.42. The largest absolute Gasteiger partial charge is 0.368 e. The molecule has 0 bridgehead atoms. The maximum absolute atomic E-state index is 12.8. The number of hydrogen-bond acceptors (Lipinski definition) is 5. The van der Waals surface area contributed by atoms with Crippen LogP contribution < -0.4 is 5.32 Å². The van der Waals surface area contributed by atoms with E-state index in [9.17, 15) is 4.79 Å².